The molecule has 0 spiro atoms. The lowest BCUT2D eigenvalue weighted by Gasteiger charge is -2.27. The van der Waals surface area contributed by atoms with E-state index in [-0.39, 0.29) is 0 Å². The largest absolute Gasteiger partial charge is 0.383 e. The van der Waals surface area contributed by atoms with Crippen LogP contribution in [0.1, 0.15) is 11.1 Å². The molecule has 2 N–H and O–H groups in total. The molecule has 1 unspecified atom stereocenters. The van der Waals surface area contributed by atoms with Gasteiger partial charge in [-0.3, -0.25) is 4.21 Å². The molecule has 162 valence electrons. The summed E-state index contributed by atoms with van der Waals surface area (Å²) in [5, 5.41) is 8.25. The zero-order valence-corrected chi connectivity index (χ0v) is 18.6. The summed E-state index contributed by atoms with van der Waals surface area (Å²) in [6.45, 7) is 6.86. The monoisotopic (exact) mass is 436 g/mol. The van der Waals surface area contributed by atoms with E-state index in [4.69, 9.17) is 9.72 Å². The quantitative estimate of drug-likeness (QED) is 0.579. The molecule has 1 saturated heterocycles. The van der Waals surface area contributed by atoms with Gasteiger partial charge in [-0.1, -0.05) is 29.8 Å². The van der Waals surface area contributed by atoms with Gasteiger partial charge in [0.2, 0.25) is 0 Å². The molecule has 5 rings (SSSR count). The summed E-state index contributed by atoms with van der Waals surface area (Å²) in [4.78, 5) is 8.17. The van der Waals surface area contributed by atoms with Crippen molar-refractivity contribution in [1.82, 2.24) is 10.3 Å². The maximum Gasteiger partial charge on any atom is 0.131 e. The first-order valence-corrected chi connectivity index (χ1v) is 12.2. The summed E-state index contributed by atoms with van der Waals surface area (Å²) in [5.74, 6) is 1.54. The van der Waals surface area contributed by atoms with Crippen molar-refractivity contribution in [2.24, 2.45) is 0 Å². The highest BCUT2D eigenvalue weighted by molar-refractivity contribution is 7.85. The lowest BCUT2D eigenvalue weighted by atomic mass is 10.1. The Bertz CT molecular complexity index is 1120. The number of ether oxygens (including phenoxy) is 1. The van der Waals surface area contributed by atoms with Crippen LogP contribution in [0.4, 0.5) is 11.5 Å². The van der Waals surface area contributed by atoms with Gasteiger partial charge in [0.15, 0.2) is 0 Å². The summed E-state index contributed by atoms with van der Waals surface area (Å²) in [6.07, 6.45) is 0. The van der Waals surface area contributed by atoms with Crippen molar-refractivity contribution in [3.63, 3.8) is 0 Å². The predicted octanol–water partition coefficient (Wildman–Crippen LogP) is 3.07. The first-order valence-electron chi connectivity index (χ1n) is 10.8. The van der Waals surface area contributed by atoms with Crippen LogP contribution in [-0.2, 0) is 22.1 Å². The minimum atomic E-state index is -0.972. The average molecular weight is 437 g/mol. The highest BCUT2D eigenvalue weighted by Crippen LogP contribution is 2.30. The van der Waals surface area contributed by atoms with E-state index in [1.54, 1.807) is 0 Å². The smallest absolute Gasteiger partial charge is 0.131 e. The van der Waals surface area contributed by atoms with Gasteiger partial charge in [-0.25, -0.2) is 4.98 Å². The Morgan fingerprint density at radius 1 is 1.16 bits per heavy atom. The molecule has 6 nitrogen and oxygen atoms in total. The lowest BCUT2D eigenvalue weighted by molar-refractivity contribution is -0.00433. The number of fused-ring (bicyclic) bond motifs is 2. The van der Waals surface area contributed by atoms with E-state index in [9.17, 15) is 4.21 Å². The highest BCUT2D eigenvalue weighted by atomic mass is 32.2. The van der Waals surface area contributed by atoms with E-state index in [0.29, 0.717) is 18.3 Å². The molecule has 2 aliphatic rings. The highest BCUT2D eigenvalue weighted by Gasteiger charge is 2.21. The molecule has 0 aliphatic carbocycles. The van der Waals surface area contributed by atoms with E-state index in [1.165, 1.54) is 5.56 Å². The number of anilines is 2. The molecular weight excluding hydrogens is 408 g/mol. The molecule has 3 aromatic rings. The van der Waals surface area contributed by atoms with Crippen molar-refractivity contribution >= 4 is 33.2 Å². The van der Waals surface area contributed by atoms with Crippen molar-refractivity contribution in [3.05, 3.63) is 59.7 Å². The molecule has 0 amide bonds. The normalized spacial score (nSPS) is 19.0. The van der Waals surface area contributed by atoms with Crippen LogP contribution in [0.25, 0.3) is 10.9 Å². The van der Waals surface area contributed by atoms with Gasteiger partial charge >= 0.3 is 0 Å². The maximum absolute atomic E-state index is 12.7. The van der Waals surface area contributed by atoms with E-state index in [1.807, 2.05) is 18.2 Å². The van der Waals surface area contributed by atoms with E-state index < -0.39 is 10.8 Å². The molecule has 1 fully saturated rings. The third-order valence-corrected chi connectivity index (χ3v) is 7.35. The number of nitrogens with one attached hydrogen (secondary N) is 2. The molecule has 1 aromatic heterocycles. The summed E-state index contributed by atoms with van der Waals surface area (Å²) >= 11 is 0. The number of aromatic nitrogens is 1. The van der Waals surface area contributed by atoms with Gasteiger partial charge in [-0.2, -0.15) is 0 Å². The Labute approximate surface area is 185 Å². The van der Waals surface area contributed by atoms with Gasteiger partial charge in [0.1, 0.15) is 5.82 Å². The third-order valence-electron chi connectivity index (χ3n) is 5.91. The number of pyridine rings is 1. The number of nitrogens with zero attached hydrogens (tertiary/aromatic N) is 2. The lowest BCUT2D eigenvalue weighted by Crippen LogP contribution is -2.47. The molecule has 2 aromatic carbocycles. The summed E-state index contributed by atoms with van der Waals surface area (Å²) in [6, 6.07) is 17.1. The van der Waals surface area contributed by atoms with E-state index >= 15 is 0 Å². The second-order valence-corrected chi connectivity index (χ2v) is 9.78. The molecule has 3 heterocycles. The minimum Gasteiger partial charge on any atom is -0.383 e. The van der Waals surface area contributed by atoms with Gasteiger partial charge < -0.3 is 20.3 Å². The Morgan fingerprint density at radius 3 is 2.87 bits per heavy atom. The number of aryl methyl sites for hydroxylation is 1. The van der Waals surface area contributed by atoms with Gasteiger partial charge in [0.25, 0.3) is 0 Å². The average Bonchev–Trinajstić information content (AvgIpc) is 2.91. The molecule has 0 bridgehead atoms. The van der Waals surface area contributed by atoms with Crippen LogP contribution in [-0.4, -0.2) is 53.8 Å². The molecule has 31 heavy (non-hydrogen) atoms. The molecule has 0 radical (unpaired) electrons. The summed E-state index contributed by atoms with van der Waals surface area (Å²) in [5.41, 5.74) is 4.40. The minimum absolute atomic E-state index is 0.479. The second kappa shape index (κ2) is 8.94. The van der Waals surface area contributed by atoms with Crippen LogP contribution >= 0.6 is 0 Å². The summed E-state index contributed by atoms with van der Waals surface area (Å²) in [7, 11) is -0.972. The maximum atomic E-state index is 12.7. The number of rotatable bonds is 6. The van der Waals surface area contributed by atoms with Crippen molar-refractivity contribution in [2.45, 2.75) is 24.4 Å². The first kappa shape index (κ1) is 20.4. The third kappa shape index (κ3) is 4.44. The van der Waals surface area contributed by atoms with E-state index in [0.717, 1.165) is 65.7 Å². The first-order chi connectivity index (χ1) is 15.2. The van der Waals surface area contributed by atoms with Gasteiger partial charge in [-0.05, 0) is 30.7 Å². The van der Waals surface area contributed by atoms with Crippen molar-refractivity contribution in [2.75, 3.05) is 48.8 Å². The van der Waals surface area contributed by atoms with Crippen LogP contribution in [0.5, 0.6) is 0 Å². The van der Waals surface area contributed by atoms with Gasteiger partial charge in [0.05, 0.1) is 35.6 Å². The van der Waals surface area contributed by atoms with Gasteiger partial charge in [-0.15, -0.1) is 0 Å². The van der Waals surface area contributed by atoms with Crippen molar-refractivity contribution in [1.29, 1.82) is 0 Å². The predicted molar refractivity (Wildman–Crippen MR) is 126 cm³/mol. The number of hydrogen-bond donors (Lipinski definition) is 2. The summed E-state index contributed by atoms with van der Waals surface area (Å²) < 4.78 is 17.9. The Balaban J connectivity index is 1.43. The zero-order valence-electron chi connectivity index (χ0n) is 17.8. The fourth-order valence-electron chi connectivity index (χ4n) is 4.10. The van der Waals surface area contributed by atoms with E-state index in [2.05, 4.69) is 52.8 Å². The molecule has 1 atom stereocenters. The second-order valence-electron chi connectivity index (χ2n) is 8.24. The zero-order chi connectivity index (χ0) is 21.2. The Morgan fingerprint density at radius 2 is 2.03 bits per heavy atom. The fourth-order valence-corrected chi connectivity index (χ4v) is 5.36. The van der Waals surface area contributed by atoms with Crippen LogP contribution in [0.3, 0.4) is 0 Å². The van der Waals surface area contributed by atoms with Gasteiger partial charge in [0, 0.05) is 54.0 Å². The SMILES string of the molecule is Cc1ccc2nc(N3CCS(=O)c4ccccc4C3)cc(NCCNC3COC3)c2c1. The Kier molecular flexibility index (Phi) is 5.89. The van der Waals surface area contributed by atoms with Crippen molar-refractivity contribution < 1.29 is 8.95 Å². The molecule has 7 heteroatoms. The van der Waals surface area contributed by atoms with Crippen LogP contribution in [0, 0.1) is 6.92 Å². The van der Waals surface area contributed by atoms with Crippen LogP contribution in [0.15, 0.2) is 53.4 Å². The van der Waals surface area contributed by atoms with Crippen LogP contribution < -0.4 is 15.5 Å². The fraction of sp³-hybridized carbons (Fsp3) is 0.375. The molecule has 0 saturated carbocycles. The topological polar surface area (TPSA) is 66.5 Å². The van der Waals surface area contributed by atoms with Crippen LogP contribution in [0.2, 0.25) is 0 Å². The standard InChI is InChI=1S/C24H28N4O2S/c1-17-6-7-21-20(12-17)22(26-9-8-25-19-15-30-16-19)13-24(27-21)28-10-11-31(29)23-5-3-2-4-18(23)14-28/h2-7,12-13,19,25H,8-11,14-16H2,1H3,(H,26,27). The number of hydrogen-bond acceptors (Lipinski definition) is 6. The van der Waals surface area contributed by atoms with Crippen molar-refractivity contribution in [3.8, 4) is 0 Å². The molecule has 2 aliphatic heterocycles. The molecular formula is C24H28N4O2S. The number of benzene rings is 2. The Hall–Kier alpha value is -2.48.